The van der Waals surface area contributed by atoms with Crippen LogP contribution in [-0.2, 0) is 14.8 Å². The molecule has 0 spiro atoms. The van der Waals surface area contributed by atoms with Gasteiger partial charge in [-0.05, 0) is 27.7 Å². The van der Waals surface area contributed by atoms with Gasteiger partial charge in [0, 0.05) is 31.7 Å². The fourth-order valence-corrected chi connectivity index (χ4v) is 2.89. The molecule has 1 rings (SSSR count). The molecule has 0 aromatic carbocycles. The normalized spacial score (nSPS) is 23.0. The third-order valence-electron chi connectivity index (χ3n) is 3.44. The van der Waals surface area contributed by atoms with E-state index in [4.69, 9.17) is 0 Å². The Morgan fingerprint density at radius 2 is 1.74 bits per heavy atom. The van der Waals surface area contributed by atoms with Crippen LogP contribution in [0.2, 0.25) is 0 Å². The van der Waals surface area contributed by atoms with E-state index in [1.165, 1.54) is 0 Å². The molecule has 0 unspecified atom stereocenters. The highest BCUT2D eigenvalue weighted by atomic mass is 32.2. The van der Waals surface area contributed by atoms with E-state index in [1.807, 2.05) is 13.8 Å². The first-order valence-electron chi connectivity index (χ1n) is 6.63. The number of nitrogens with zero attached hydrogens (tertiary/aromatic N) is 2. The summed E-state index contributed by atoms with van der Waals surface area (Å²) >= 11 is 0. The average Bonchev–Trinajstić information content (AvgIpc) is 2.25. The molecule has 1 saturated heterocycles. The van der Waals surface area contributed by atoms with Gasteiger partial charge in [0.25, 0.3) is 5.91 Å². The molecule has 1 aliphatic heterocycles. The van der Waals surface area contributed by atoms with Crippen LogP contribution in [0.1, 0.15) is 27.7 Å². The van der Waals surface area contributed by atoms with E-state index in [0.717, 1.165) is 19.3 Å². The van der Waals surface area contributed by atoms with Gasteiger partial charge in [-0.25, -0.2) is 8.42 Å². The molecular weight excluding hydrogens is 266 g/mol. The molecule has 0 radical (unpaired) electrons. The van der Waals surface area contributed by atoms with Crippen molar-refractivity contribution in [1.29, 1.82) is 0 Å². The maximum absolute atomic E-state index is 12.1. The van der Waals surface area contributed by atoms with Gasteiger partial charge in [-0.1, -0.05) is 0 Å². The summed E-state index contributed by atoms with van der Waals surface area (Å²) in [5, 5.41) is 0. The van der Waals surface area contributed by atoms with Gasteiger partial charge in [0.1, 0.15) is 6.04 Å². The Kier molecular flexibility index (Phi) is 5.34. The number of hydrogen-bond acceptors (Lipinski definition) is 5. The highest BCUT2D eigenvalue weighted by Gasteiger charge is 2.35. The van der Waals surface area contributed by atoms with Crippen molar-refractivity contribution < 1.29 is 13.2 Å². The standard InChI is InChI=1S/C12H25N3O3S/c1-9(2)14-6-7-15(10(3)4)11(8-14)12(16)13-19(5,17)18/h9-11H,6-8H2,1-5H3,(H,13,16)/t11-/m0/s1. The summed E-state index contributed by atoms with van der Waals surface area (Å²) in [6, 6.07) is 0.151. The van der Waals surface area contributed by atoms with Crippen LogP contribution in [0, 0.1) is 0 Å². The van der Waals surface area contributed by atoms with Gasteiger partial charge in [0.2, 0.25) is 10.0 Å². The van der Waals surface area contributed by atoms with Crippen LogP contribution in [-0.4, -0.2) is 68.1 Å². The van der Waals surface area contributed by atoms with Crippen molar-refractivity contribution in [2.75, 3.05) is 25.9 Å². The van der Waals surface area contributed by atoms with Crippen LogP contribution >= 0.6 is 0 Å². The number of carbonyl (C=O) groups excluding carboxylic acids is 1. The smallest absolute Gasteiger partial charge is 0.252 e. The molecule has 112 valence electrons. The Morgan fingerprint density at radius 1 is 1.16 bits per heavy atom. The quantitative estimate of drug-likeness (QED) is 0.781. The van der Waals surface area contributed by atoms with E-state index >= 15 is 0 Å². The van der Waals surface area contributed by atoms with Gasteiger partial charge in [-0.3, -0.25) is 19.3 Å². The Morgan fingerprint density at radius 3 is 2.16 bits per heavy atom. The van der Waals surface area contributed by atoms with Crippen LogP contribution in [0.4, 0.5) is 0 Å². The molecular formula is C12H25N3O3S. The first-order valence-corrected chi connectivity index (χ1v) is 8.52. The number of sulfonamides is 1. The summed E-state index contributed by atoms with van der Waals surface area (Å²) in [7, 11) is -3.50. The van der Waals surface area contributed by atoms with E-state index in [2.05, 4.69) is 28.4 Å². The van der Waals surface area contributed by atoms with Crippen LogP contribution in [0.3, 0.4) is 0 Å². The van der Waals surface area contributed by atoms with Crippen molar-refractivity contribution in [2.45, 2.75) is 45.8 Å². The molecule has 1 fully saturated rings. The number of amides is 1. The monoisotopic (exact) mass is 291 g/mol. The van der Waals surface area contributed by atoms with Crippen molar-refractivity contribution in [3.05, 3.63) is 0 Å². The largest absolute Gasteiger partial charge is 0.298 e. The fraction of sp³-hybridized carbons (Fsp3) is 0.917. The highest BCUT2D eigenvalue weighted by Crippen LogP contribution is 2.15. The van der Waals surface area contributed by atoms with Crippen LogP contribution < -0.4 is 4.72 Å². The lowest BCUT2D eigenvalue weighted by Crippen LogP contribution is -2.62. The molecule has 1 aliphatic rings. The van der Waals surface area contributed by atoms with Gasteiger partial charge in [-0.15, -0.1) is 0 Å². The fourth-order valence-electron chi connectivity index (χ4n) is 2.39. The lowest BCUT2D eigenvalue weighted by Gasteiger charge is -2.43. The minimum absolute atomic E-state index is 0.213. The van der Waals surface area contributed by atoms with Crippen molar-refractivity contribution >= 4 is 15.9 Å². The first-order chi connectivity index (χ1) is 8.61. The molecule has 0 aliphatic carbocycles. The molecule has 1 heterocycles. The lowest BCUT2D eigenvalue weighted by atomic mass is 10.1. The summed E-state index contributed by atoms with van der Waals surface area (Å²) in [5.74, 6) is -0.429. The molecule has 19 heavy (non-hydrogen) atoms. The zero-order chi connectivity index (χ0) is 14.8. The molecule has 0 aromatic heterocycles. The predicted octanol–water partition coefficient (Wildman–Crippen LogP) is -0.135. The minimum atomic E-state index is -3.50. The Hall–Kier alpha value is -0.660. The van der Waals surface area contributed by atoms with Crippen molar-refractivity contribution in [1.82, 2.24) is 14.5 Å². The third kappa shape index (κ3) is 4.74. The Labute approximate surface area is 116 Å². The number of carbonyl (C=O) groups is 1. The SMILES string of the molecule is CC(C)N1CCN(C(C)C)[C@H](C(=O)NS(C)(=O)=O)C1. The Balaban J connectivity index is 2.85. The van der Waals surface area contributed by atoms with Crippen molar-refractivity contribution in [2.24, 2.45) is 0 Å². The third-order valence-corrected chi connectivity index (χ3v) is 4.01. The molecule has 0 aromatic rings. The Bertz CT molecular complexity index is 420. The molecule has 1 N–H and O–H groups in total. The summed E-state index contributed by atoms with van der Waals surface area (Å²) in [6.45, 7) is 10.4. The zero-order valence-electron chi connectivity index (χ0n) is 12.4. The zero-order valence-corrected chi connectivity index (χ0v) is 13.2. The van der Waals surface area contributed by atoms with Gasteiger partial charge in [0.15, 0.2) is 0 Å². The topological polar surface area (TPSA) is 69.7 Å². The molecule has 1 atom stereocenters. The van der Waals surface area contributed by atoms with E-state index < -0.39 is 22.0 Å². The maximum Gasteiger partial charge on any atom is 0.252 e. The van der Waals surface area contributed by atoms with Crippen LogP contribution in [0.15, 0.2) is 0 Å². The van der Waals surface area contributed by atoms with Crippen LogP contribution in [0.5, 0.6) is 0 Å². The van der Waals surface area contributed by atoms with E-state index in [-0.39, 0.29) is 6.04 Å². The summed E-state index contributed by atoms with van der Waals surface area (Å²) < 4.78 is 24.5. The minimum Gasteiger partial charge on any atom is -0.298 e. The summed E-state index contributed by atoms with van der Waals surface area (Å²) in [4.78, 5) is 16.4. The number of piperazine rings is 1. The lowest BCUT2D eigenvalue weighted by molar-refractivity contribution is -0.128. The van der Waals surface area contributed by atoms with Gasteiger partial charge < -0.3 is 0 Å². The average molecular weight is 291 g/mol. The van der Waals surface area contributed by atoms with Crippen LogP contribution in [0.25, 0.3) is 0 Å². The molecule has 0 saturated carbocycles. The van der Waals surface area contributed by atoms with Crippen molar-refractivity contribution in [3.63, 3.8) is 0 Å². The van der Waals surface area contributed by atoms with Gasteiger partial charge in [0.05, 0.1) is 6.26 Å². The molecule has 7 heteroatoms. The van der Waals surface area contributed by atoms with E-state index in [1.54, 1.807) is 0 Å². The summed E-state index contributed by atoms with van der Waals surface area (Å²) in [6.07, 6.45) is 1.01. The number of nitrogens with one attached hydrogen (secondary N) is 1. The molecule has 6 nitrogen and oxygen atoms in total. The summed E-state index contributed by atoms with van der Waals surface area (Å²) in [5.41, 5.74) is 0. The second-order valence-electron chi connectivity index (χ2n) is 5.67. The highest BCUT2D eigenvalue weighted by molar-refractivity contribution is 7.89. The van der Waals surface area contributed by atoms with Gasteiger partial charge >= 0.3 is 0 Å². The second kappa shape index (κ2) is 6.19. The first kappa shape index (κ1) is 16.4. The van der Waals surface area contributed by atoms with Crippen molar-refractivity contribution in [3.8, 4) is 0 Å². The number of rotatable bonds is 4. The second-order valence-corrected chi connectivity index (χ2v) is 7.42. The van der Waals surface area contributed by atoms with E-state index in [0.29, 0.717) is 12.6 Å². The molecule has 0 bridgehead atoms. The number of hydrogen-bond donors (Lipinski definition) is 1. The maximum atomic E-state index is 12.1. The molecule has 1 amide bonds. The van der Waals surface area contributed by atoms with Gasteiger partial charge in [-0.2, -0.15) is 0 Å². The van der Waals surface area contributed by atoms with E-state index in [9.17, 15) is 13.2 Å². The predicted molar refractivity (Wildman–Crippen MR) is 75.3 cm³/mol.